The lowest BCUT2D eigenvalue weighted by Gasteiger charge is -2.13. The van der Waals surface area contributed by atoms with Crippen LogP contribution in [-0.2, 0) is 12.4 Å². The van der Waals surface area contributed by atoms with Gasteiger partial charge in [-0.2, -0.15) is 0 Å². The van der Waals surface area contributed by atoms with E-state index in [4.69, 9.17) is 11.6 Å². The van der Waals surface area contributed by atoms with Gasteiger partial charge in [0.2, 0.25) is 0 Å². The lowest BCUT2D eigenvalue weighted by molar-refractivity contribution is 0.457. The first-order valence-corrected chi connectivity index (χ1v) is 7.02. The molecule has 1 saturated carbocycles. The standard InChI is InChI=1S/C14H16ClFN2/c15-8-14-17-12-6-5-11(16)7-13(12)18(14)9-10-3-1-2-4-10/h5-7,10H,1-4,8-9H2. The van der Waals surface area contributed by atoms with Crippen LogP contribution < -0.4 is 0 Å². The topological polar surface area (TPSA) is 17.8 Å². The Morgan fingerprint density at radius 1 is 1.33 bits per heavy atom. The summed E-state index contributed by atoms with van der Waals surface area (Å²) in [6.07, 6.45) is 5.14. The van der Waals surface area contributed by atoms with Crippen LogP contribution in [-0.4, -0.2) is 9.55 Å². The number of fused-ring (bicyclic) bond motifs is 1. The van der Waals surface area contributed by atoms with Crippen molar-refractivity contribution in [2.45, 2.75) is 38.1 Å². The molecular formula is C14H16ClFN2. The molecule has 1 aliphatic carbocycles. The molecule has 0 saturated heterocycles. The second-order valence-corrected chi connectivity index (χ2v) is 5.32. The van der Waals surface area contributed by atoms with Crippen LogP contribution in [0.15, 0.2) is 18.2 Å². The first kappa shape index (κ1) is 12.0. The van der Waals surface area contributed by atoms with Crippen molar-refractivity contribution in [2.24, 2.45) is 5.92 Å². The smallest absolute Gasteiger partial charge is 0.125 e. The normalized spacial score (nSPS) is 16.8. The fourth-order valence-electron chi connectivity index (χ4n) is 2.90. The first-order chi connectivity index (χ1) is 8.78. The molecular weight excluding hydrogens is 251 g/mol. The highest BCUT2D eigenvalue weighted by atomic mass is 35.5. The van der Waals surface area contributed by atoms with Crippen molar-refractivity contribution in [3.05, 3.63) is 29.8 Å². The Labute approximate surface area is 111 Å². The SMILES string of the molecule is Fc1ccc2nc(CCl)n(CC3CCCC3)c2c1. The van der Waals surface area contributed by atoms with Gasteiger partial charge in [0.15, 0.2) is 0 Å². The van der Waals surface area contributed by atoms with Crippen LogP contribution in [0.25, 0.3) is 11.0 Å². The quantitative estimate of drug-likeness (QED) is 0.765. The van der Waals surface area contributed by atoms with E-state index in [-0.39, 0.29) is 5.82 Å². The van der Waals surface area contributed by atoms with E-state index in [2.05, 4.69) is 9.55 Å². The molecule has 1 aromatic carbocycles. The third kappa shape index (κ3) is 2.12. The Hall–Kier alpha value is -1.09. The molecule has 0 N–H and O–H groups in total. The van der Waals surface area contributed by atoms with Gasteiger partial charge >= 0.3 is 0 Å². The van der Waals surface area contributed by atoms with Crippen LogP contribution in [0.5, 0.6) is 0 Å². The Balaban J connectivity index is 2.03. The number of imidazole rings is 1. The molecule has 1 heterocycles. The highest BCUT2D eigenvalue weighted by Crippen LogP contribution is 2.29. The van der Waals surface area contributed by atoms with Crippen LogP contribution in [0.1, 0.15) is 31.5 Å². The molecule has 4 heteroatoms. The molecule has 2 aromatic rings. The molecule has 0 amide bonds. The van der Waals surface area contributed by atoms with Crippen LogP contribution >= 0.6 is 11.6 Å². The third-order valence-corrected chi connectivity index (χ3v) is 4.06. The number of aromatic nitrogens is 2. The van der Waals surface area contributed by atoms with E-state index in [1.807, 2.05) is 0 Å². The Morgan fingerprint density at radius 2 is 2.11 bits per heavy atom. The third-order valence-electron chi connectivity index (χ3n) is 3.82. The minimum Gasteiger partial charge on any atom is -0.327 e. The van der Waals surface area contributed by atoms with Crippen molar-refractivity contribution in [3.8, 4) is 0 Å². The second-order valence-electron chi connectivity index (χ2n) is 5.06. The predicted molar refractivity (Wildman–Crippen MR) is 71.2 cm³/mol. The Kier molecular flexibility index (Phi) is 3.25. The lowest BCUT2D eigenvalue weighted by atomic mass is 10.1. The maximum absolute atomic E-state index is 13.4. The summed E-state index contributed by atoms with van der Waals surface area (Å²) in [5.41, 5.74) is 1.71. The number of halogens is 2. The minimum absolute atomic E-state index is 0.212. The molecule has 3 rings (SSSR count). The van der Waals surface area contributed by atoms with Gasteiger partial charge in [-0.05, 0) is 37.0 Å². The van der Waals surface area contributed by atoms with Gasteiger partial charge in [0.25, 0.3) is 0 Å². The van der Waals surface area contributed by atoms with Gasteiger partial charge in [-0.1, -0.05) is 12.8 Å². The molecule has 1 fully saturated rings. The van der Waals surface area contributed by atoms with Crippen molar-refractivity contribution in [1.82, 2.24) is 9.55 Å². The molecule has 0 atom stereocenters. The Bertz CT molecular complexity index is 558. The monoisotopic (exact) mass is 266 g/mol. The number of hydrogen-bond acceptors (Lipinski definition) is 1. The number of hydrogen-bond donors (Lipinski definition) is 0. The van der Waals surface area contributed by atoms with Crippen molar-refractivity contribution in [3.63, 3.8) is 0 Å². The molecule has 1 aliphatic rings. The molecule has 0 spiro atoms. The fourth-order valence-corrected chi connectivity index (χ4v) is 3.11. The lowest BCUT2D eigenvalue weighted by Crippen LogP contribution is -2.10. The number of nitrogens with zero attached hydrogens (tertiary/aromatic N) is 2. The van der Waals surface area contributed by atoms with Gasteiger partial charge in [-0.15, -0.1) is 11.6 Å². The molecule has 1 aromatic heterocycles. The van der Waals surface area contributed by atoms with Gasteiger partial charge in [0.05, 0.1) is 16.9 Å². The summed E-state index contributed by atoms with van der Waals surface area (Å²) in [5.74, 6) is 1.70. The summed E-state index contributed by atoms with van der Waals surface area (Å²) in [6, 6.07) is 4.74. The van der Waals surface area contributed by atoms with Gasteiger partial charge < -0.3 is 4.57 Å². The average molecular weight is 267 g/mol. The molecule has 0 radical (unpaired) electrons. The van der Waals surface area contributed by atoms with Gasteiger partial charge in [0, 0.05) is 6.54 Å². The summed E-state index contributed by atoms with van der Waals surface area (Å²) in [6.45, 7) is 0.919. The summed E-state index contributed by atoms with van der Waals surface area (Å²) in [4.78, 5) is 4.48. The molecule has 18 heavy (non-hydrogen) atoms. The maximum Gasteiger partial charge on any atom is 0.125 e. The number of rotatable bonds is 3. The van der Waals surface area contributed by atoms with Crippen LogP contribution in [0, 0.1) is 11.7 Å². The second kappa shape index (κ2) is 4.88. The van der Waals surface area contributed by atoms with Crippen molar-refractivity contribution in [1.29, 1.82) is 0 Å². The predicted octanol–water partition coefficient (Wildman–Crippen LogP) is 4.10. The highest BCUT2D eigenvalue weighted by Gasteiger charge is 2.19. The zero-order chi connectivity index (χ0) is 12.5. The molecule has 2 nitrogen and oxygen atoms in total. The van der Waals surface area contributed by atoms with Gasteiger partial charge in [0.1, 0.15) is 11.6 Å². The maximum atomic E-state index is 13.4. The summed E-state index contributed by atoms with van der Waals surface area (Å²) in [5, 5.41) is 0. The summed E-state index contributed by atoms with van der Waals surface area (Å²) < 4.78 is 15.5. The van der Waals surface area contributed by atoms with E-state index in [1.54, 1.807) is 12.1 Å². The molecule has 0 bridgehead atoms. The first-order valence-electron chi connectivity index (χ1n) is 6.48. The summed E-state index contributed by atoms with van der Waals surface area (Å²) in [7, 11) is 0. The van der Waals surface area contributed by atoms with Crippen molar-refractivity contribution >= 4 is 22.6 Å². The van der Waals surface area contributed by atoms with Crippen LogP contribution in [0.3, 0.4) is 0 Å². The van der Waals surface area contributed by atoms with E-state index >= 15 is 0 Å². The number of alkyl halides is 1. The minimum atomic E-state index is -0.212. The van der Waals surface area contributed by atoms with E-state index in [9.17, 15) is 4.39 Å². The summed E-state index contributed by atoms with van der Waals surface area (Å²) >= 11 is 5.95. The zero-order valence-electron chi connectivity index (χ0n) is 10.2. The highest BCUT2D eigenvalue weighted by molar-refractivity contribution is 6.16. The Morgan fingerprint density at radius 3 is 2.83 bits per heavy atom. The number of benzene rings is 1. The molecule has 96 valence electrons. The molecule has 0 aliphatic heterocycles. The molecule has 0 unspecified atom stereocenters. The largest absolute Gasteiger partial charge is 0.327 e. The van der Waals surface area contributed by atoms with E-state index < -0.39 is 0 Å². The van der Waals surface area contributed by atoms with Gasteiger partial charge in [-0.3, -0.25) is 0 Å². The average Bonchev–Trinajstić information content (AvgIpc) is 2.98. The van der Waals surface area contributed by atoms with E-state index in [0.717, 1.165) is 23.4 Å². The van der Waals surface area contributed by atoms with Gasteiger partial charge in [-0.25, -0.2) is 9.37 Å². The fraction of sp³-hybridized carbons (Fsp3) is 0.500. The van der Waals surface area contributed by atoms with Crippen LogP contribution in [0.2, 0.25) is 0 Å². The zero-order valence-corrected chi connectivity index (χ0v) is 11.0. The van der Waals surface area contributed by atoms with Crippen LogP contribution in [0.4, 0.5) is 4.39 Å². The van der Waals surface area contributed by atoms with E-state index in [1.165, 1.54) is 31.7 Å². The van der Waals surface area contributed by atoms with Crippen molar-refractivity contribution in [2.75, 3.05) is 0 Å². The van der Waals surface area contributed by atoms with E-state index in [0.29, 0.717) is 11.8 Å². The van der Waals surface area contributed by atoms with Crippen molar-refractivity contribution < 1.29 is 4.39 Å².